The Hall–Kier alpha value is -2.76. The van der Waals surface area contributed by atoms with Gasteiger partial charge in [0.05, 0.1) is 6.10 Å². The molecule has 0 aliphatic carbocycles. The van der Waals surface area contributed by atoms with Crippen LogP contribution >= 0.6 is 0 Å². The van der Waals surface area contributed by atoms with Crippen LogP contribution in [0.4, 0.5) is 10.5 Å². The zero-order valence-electron chi connectivity index (χ0n) is 14.4. The Labute approximate surface area is 141 Å². The average molecular weight is 329 g/mol. The summed E-state index contributed by atoms with van der Waals surface area (Å²) >= 11 is 0. The highest BCUT2D eigenvalue weighted by Gasteiger charge is 2.12. The second-order valence-corrected chi connectivity index (χ2v) is 5.94. The first kappa shape index (κ1) is 17.6. The highest BCUT2D eigenvalue weighted by atomic mass is 16.5. The van der Waals surface area contributed by atoms with E-state index in [-0.39, 0.29) is 23.4 Å². The number of nitrogens with one attached hydrogen (secondary N) is 1. The van der Waals surface area contributed by atoms with E-state index in [2.05, 4.69) is 5.32 Å². The van der Waals surface area contributed by atoms with Crippen LogP contribution < -0.4 is 15.6 Å². The number of benzene rings is 1. The van der Waals surface area contributed by atoms with Gasteiger partial charge in [-0.2, -0.15) is 0 Å². The summed E-state index contributed by atoms with van der Waals surface area (Å²) in [6, 6.07) is 10.6. The van der Waals surface area contributed by atoms with Gasteiger partial charge in [0.2, 0.25) is 0 Å². The Morgan fingerprint density at radius 1 is 1.29 bits per heavy atom. The van der Waals surface area contributed by atoms with Crippen LogP contribution in [0.5, 0.6) is 5.75 Å². The van der Waals surface area contributed by atoms with E-state index in [1.54, 1.807) is 32.4 Å². The number of anilines is 1. The number of hydrogen-bond donors (Lipinski definition) is 1. The number of carbonyl (C=O) groups excluding carboxylic acids is 1. The van der Waals surface area contributed by atoms with Crippen LogP contribution in [0.25, 0.3) is 0 Å². The molecule has 1 N–H and O–H groups in total. The predicted octanol–water partition coefficient (Wildman–Crippen LogP) is 2.84. The van der Waals surface area contributed by atoms with E-state index in [9.17, 15) is 9.59 Å². The fraction of sp³-hybridized carbons (Fsp3) is 0.333. The second kappa shape index (κ2) is 7.68. The summed E-state index contributed by atoms with van der Waals surface area (Å²) in [6.45, 7) is 4.34. The lowest BCUT2D eigenvalue weighted by atomic mass is 10.2. The maximum Gasteiger partial charge on any atom is 0.322 e. The smallest absolute Gasteiger partial charge is 0.322 e. The third kappa shape index (κ3) is 4.62. The number of hydrogen-bond acceptors (Lipinski definition) is 3. The highest BCUT2D eigenvalue weighted by molar-refractivity contribution is 5.88. The Balaban J connectivity index is 2.04. The lowest BCUT2D eigenvalue weighted by Gasteiger charge is -2.19. The molecule has 128 valence electrons. The number of nitrogens with zero attached hydrogens (tertiary/aromatic N) is 2. The Morgan fingerprint density at radius 3 is 2.75 bits per heavy atom. The van der Waals surface area contributed by atoms with Crippen LogP contribution in [-0.4, -0.2) is 28.6 Å². The van der Waals surface area contributed by atoms with Gasteiger partial charge in [-0.15, -0.1) is 0 Å². The van der Waals surface area contributed by atoms with Crippen molar-refractivity contribution in [2.24, 2.45) is 7.05 Å². The molecule has 2 amide bonds. The van der Waals surface area contributed by atoms with Crippen molar-refractivity contribution in [3.05, 3.63) is 58.5 Å². The molecule has 0 saturated carbocycles. The molecule has 0 aliphatic rings. The van der Waals surface area contributed by atoms with Crippen molar-refractivity contribution < 1.29 is 9.53 Å². The number of urea groups is 1. The van der Waals surface area contributed by atoms with Gasteiger partial charge < -0.3 is 19.5 Å². The molecular weight excluding hydrogens is 306 g/mol. The molecule has 1 aromatic carbocycles. The van der Waals surface area contributed by atoms with Crippen molar-refractivity contribution in [1.82, 2.24) is 9.47 Å². The summed E-state index contributed by atoms with van der Waals surface area (Å²) in [5, 5.41) is 2.64. The molecule has 0 aliphatic heterocycles. The number of ether oxygens (including phenoxy) is 1. The molecule has 0 atom stereocenters. The fourth-order valence-electron chi connectivity index (χ4n) is 2.24. The molecule has 1 heterocycles. The molecule has 24 heavy (non-hydrogen) atoms. The third-order valence-electron chi connectivity index (χ3n) is 3.40. The zero-order chi connectivity index (χ0) is 17.7. The number of rotatable bonds is 5. The first-order valence-electron chi connectivity index (χ1n) is 7.80. The second-order valence-electron chi connectivity index (χ2n) is 5.94. The maximum absolute atomic E-state index is 12.3. The zero-order valence-corrected chi connectivity index (χ0v) is 14.4. The Morgan fingerprint density at radius 2 is 2.04 bits per heavy atom. The van der Waals surface area contributed by atoms with E-state index in [4.69, 9.17) is 4.74 Å². The first-order valence-corrected chi connectivity index (χ1v) is 7.80. The standard InChI is InChI=1S/C18H23N3O3/c1-13(2)24-15-8-5-7-14(11-15)12-21(4)18(23)19-16-9-6-10-20(3)17(16)22/h5-11,13H,12H2,1-4H3,(H,19,23). The normalized spacial score (nSPS) is 10.5. The van der Waals surface area contributed by atoms with Gasteiger partial charge in [0.25, 0.3) is 5.56 Å². The van der Waals surface area contributed by atoms with Crippen molar-refractivity contribution in [3.63, 3.8) is 0 Å². The largest absolute Gasteiger partial charge is 0.491 e. The van der Waals surface area contributed by atoms with E-state index in [0.29, 0.717) is 6.54 Å². The van der Waals surface area contributed by atoms with Gasteiger partial charge in [-0.1, -0.05) is 12.1 Å². The fourth-order valence-corrected chi connectivity index (χ4v) is 2.24. The Kier molecular flexibility index (Phi) is 5.63. The molecule has 6 nitrogen and oxygen atoms in total. The molecule has 0 unspecified atom stereocenters. The molecule has 0 radical (unpaired) electrons. The maximum atomic E-state index is 12.3. The lowest BCUT2D eigenvalue weighted by molar-refractivity contribution is 0.220. The van der Waals surface area contributed by atoms with Crippen molar-refractivity contribution in [2.45, 2.75) is 26.5 Å². The van der Waals surface area contributed by atoms with Gasteiger partial charge in [0.15, 0.2) is 0 Å². The summed E-state index contributed by atoms with van der Waals surface area (Å²) < 4.78 is 7.08. The lowest BCUT2D eigenvalue weighted by Crippen LogP contribution is -2.33. The molecule has 2 rings (SSSR count). The van der Waals surface area contributed by atoms with Crippen molar-refractivity contribution >= 4 is 11.7 Å². The van der Waals surface area contributed by atoms with Gasteiger partial charge in [-0.25, -0.2) is 4.79 Å². The molecule has 0 saturated heterocycles. The van der Waals surface area contributed by atoms with E-state index in [1.165, 1.54) is 9.47 Å². The highest BCUT2D eigenvalue weighted by Crippen LogP contribution is 2.16. The van der Waals surface area contributed by atoms with E-state index in [1.807, 2.05) is 38.1 Å². The van der Waals surface area contributed by atoms with Crippen molar-refractivity contribution in [2.75, 3.05) is 12.4 Å². The van der Waals surface area contributed by atoms with Crippen LogP contribution in [0.15, 0.2) is 47.4 Å². The number of aromatic nitrogens is 1. The number of amides is 2. The summed E-state index contributed by atoms with van der Waals surface area (Å²) in [5.74, 6) is 0.772. The molecular formula is C18H23N3O3. The molecule has 0 spiro atoms. The molecule has 1 aromatic heterocycles. The van der Waals surface area contributed by atoms with Crippen LogP contribution in [0, 0.1) is 0 Å². The van der Waals surface area contributed by atoms with E-state index < -0.39 is 0 Å². The van der Waals surface area contributed by atoms with Gasteiger partial charge >= 0.3 is 6.03 Å². The number of pyridine rings is 1. The quantitative estimate of drug-likeness (QED) is 0.917. The molecule has 0 fully saturated rings. The summed E-state index contributed by atoms with van der Waals surface area (Å²) in [6.07, 6.45) is 1.73. The molecule has 6 heteroatoms. The van der Waals surface area contributed by atoms with Crippen LogP contribution in [-0.2, 0) is 13.6 Å². The SMILES string of the molecule is CC(C)Oc1cccc(CN(C)C(=O)Nc2cccn(C)c2=O)c1. The summed E-state index contributed by atoms with van der Waals surface area (Å²) in [7, 11) is 3.32. The first-order chi connectivity index (χ1) is 11.4. The van der Waals surface area contributed by atoms with Crippen LogP contribution in [0.1, 0.15) is 19.4 Å². The summed E-state index contributed by atoms with van der Waals surface area (Å²) in [4.78, 5) is 25.7. The van der Waals surface area contributed by atoms with Crippen molar-refractivity contribution in [1.29, 1.82) is 0 Å². The predicted molar refractivity (Wildman–Crippen MR) is 94.4 cm³/mol. The van der Waals surface area contributed by atoms with E-state index in [0.717, 1.165) is 11.3 Å². The van der Waals surface area contributed by atoms with Crippen LogP contribution in [0.2, 0.25) is 0 Å². The minimum absolute atomic E-state index is 0.0931. The molecule has 0 bridgehead atoms. The van der Waals surface area contributed by atoms with Gasteiger partial charge in [0.1, 0.15) is 11.4 Å². The van der Waals surface area contributed by atoms with E-state index >= 15 is 0 Å². The summed E-state index contributed by atoms with van der Waals surface area (Å²) in [5.41, 5.74) is 0.965. The number of aryl methyl sites for hydroxylation is 1. The van der Waals surface area contributed by atoms with Crippen molar-refractivity contribution in [3.8, 4) is 5.75 Å². The third-order valence-corrected chi connectivity index (χ3v) is 3.40. The van der Waals surface area contributed by atoms with Gasteiger partial charge in [-0.05, 0) is 43.7 Å². The topological polar surface area (TPSA) is 63.6 Å². The monoisotopic (exact) mass is 329 g/mol. The van der Waals surface area contributed by atoms with Gasteiger partial charge in [0, 0.05) is 26.8 Å². The minimum atomic E-state index is -0.339. The Bertz CT molecular complexity index is 768. The average Bonchev–Trinajstić information content (AvgIpc) is 2.51. The minimum Gasteiger partial charge on any atom is -0.491 e. The van der Waals surface area contributed by atoms with Crippen LogP contribution in [0.3, 0.4) is 0 Å². The van der Waals surface area contributed by atoms with Gasteiger partial charge in [-0.3, -0.25) is 4.79 Å². The number of carbonyl (C=O) groups is 1. The molecule has 2 aromatic rings.